The molecule has 1 aliphatic heterocycles. The summed E-state index contributed by atoms with van der Waals surface area (Å²) in [5.74, 6) is 2.30. The largest absolute Gasteiger partial charge is 0.497 e. The molecule has 3 aromatic rings. The Morgan fingerprint density at radius 3 is 2.74 bits per heavy atom. The van der Waals surface area contributed by atoms with Gasteiger partial charge in [-0.15, -0.1) is 0 Å². The number of nitrogens with two attached hydrogens (primary N) is 1. The van der Waals surface area contributed by atoms with Gasteiger partial charge in [0.05, 0.1) is 13.7 Å². The van der Waals surface area contributed by atoms with Gasteiger partial charge < -0.3 is 23.9 Å². The molecule has 0 bridgehead atoms. The first-order chi connectivity index (χ1) is 13.2. The SMILES string of the molecule is COc1ccc2c(C[NH2+]CCc3ccc4c(c3)OCCO4)cc(=O)oc2c1. The minimum Gasteiger partial charge on any atom is -0.497 e. The normalized spacial score (nSPS) is 12.9. The number of rotatable bonds is 6. The molecule has 0 spiro atoms. The van der Waals surface area contributed by atoms with Crippen LogP contribution in [0.3, 0.4) is 0 Å². The van der Waals surface area contributed by atoms with Crippen molar-refractivity contribution in [1.29, 1.82) is 0 Å². The van der Waals surface area contributed by atoms with Crippen molar-refractivity contribution in [2.45, 2.75) is 13.0 Å². The lowest BCUT2D eigenvalue weighted by Gasteiger charge is -2.18. The summed E-state index contributed by atoms with van der Waals surface area (Å²) >= 11 is 0. The van der Waals surface area contributed by atoms with Crippen LogP contribution >= 0.6 is 0 Å². The quantitative estimate of drug-likeness (QED) is 0.531. The zero-order chi connectivity index (χ0) is 18.6. The molecule has 0 saturated carbocycles. The van der Waals surface area contributed by atoms with Crippen LogP contribution in [-0.2, 0) is 13.0 Å². The zero-order valence-electron chi connectivity index (χ0n) is 15.2. The van der Waals surface area contributed by atoms with Gasteiger partial charge in [-0.2, -0.15) is 0 Å². The number of benzene rings is 2. The Hall–Kier alpha value is -2.99. The standard InChI is InChI=1S/C21H21NO5/c1-24-16-3-4-17-15(11-21(23)27-19(17)12-16)13-22-7-6-14-2-5-18-20(10-14)26-9-8-25-18/h2-5,10-12,22H,6-9,13H2,1H3/p+1. The van der Waals surface area contributed by atoms with Crippen molar-refractivity contribution >= 4 is 11.0 Å². The Balaban J connectivity index is 1.41. The van der Waals surface area contributed by atoms with Gasteiger partial charge in [-0.3, -0.25) is 0 Å². The van der Waals surface area contributed by atoms with Crippen molar-refractivity contribution in [2.24, 2.45) is 0 Å². The third-order valence-electron chi connectivity index (χ3n) is 4.65. The lowest BCUT2D eigenvalue weighted by Crippen LogP contribution is -2.83. The fraction of sp³-hybridized carbons (Fsp3) is 0.286. The first kappa shape index (κ1) is 17.4. The van der Waals surface area contributed by atoms with E-state index in [1.54, 1.807) is 19.2 Å². The van der Waals surface area contributed by atoms with Crippen molar-refractivity contribution in [1.82, 2.24) is 0 Å². The summed E-state index contributed by atoms with van der Waals surface area (Å²) in [6.07, 6.45) is 0.907. The van der Waals surface area contributed by atoms with Crippen LogP contribution in [0, 0.1) is 0 Å². The maximum atomic E-state index is 11.8. The predicted octanol–water partition coefficient (Wildman–Crippen LogP) is 1.88. The van der Waals surface area contributed by atoms with Gasteiger partial charge in [0, 0.05) is 29.5 Å². The lowest BCUT2D eigenvalue weighted by molar-refractivity contribution is -0.670. The summed E-state index contributed by atoms with van der Waals surface area (Å²) < 4.78 is 21.7. The number of fused-ring (bicyclic) bond motifs is 2. The van der Waals surface area contributed by atoms with Crippen LogP contribution in [0.15, 0.2) is 51.7 Å². The summed E-state index contributed by atoms with van der Waals surface area (Å²) in [6, 6.07) is 13.2. The Morgan fingerprint density at radius 2 is 1.89 bits per heavy atom. The van der Waals surface area contributed by atoms with E-state index < -0.39 is 0 Å². The van der Waals surface area contributed by atoms with E-state index >= 15 is 0 Å². The van der Waals surface area contributed by atoms with Crippen LogP contribution in [0.1, 0.15) is 11.1 Å². The van der Waals surface area contributed by atoms with E-state index in [-0.39, 0.29) is 5.63 Å². The van der Waals surface area contributed by atoms with Crippen molar-refractivity contribution in [3.63, 3.8) is 0 Å². The minimum absolute atomic E-state index is 0.342. The van der Waals surface area contributed by atoms with Gasteiger partial charge in [0.25, 0.3) is 0 Å². The van der Waals surface area contributed by atoms with Crippen molar-refractivity contribution < 1.29 is 23.9 Å². The summed E-state index contributed by atoms with van der Waals surface area (Å²) in [4.78, 5) is 11.8. The molecule has 0 radical (unpaired) electrons. The van der Waals surface area contributed by atoms with Gasteiger partial charge in [-0.1, -0.05) is 6.07 Å². The third-order valence-corrected chi connectivity index (χ3v) is 4.65. The molecule has 2 N–H and O–H groups in total. The van der Waals surface area contributed by atoms with E-state index in [0.717, 1.165) is 35.4 Å². The number of ether oxygens (including phenoxy) is 3. The highest BCUT2D eigenvalue weighted by molar-refractivity contribution is 5.81. The van der Waals surface area contributed by atoms with Gasteiger partial charge in [-0.25, -0.2) is 4.79 Å². The van der Waals surface area contributed by atoms with Gasteiger partial charge in [0.15, 0.2) is 11.5 Å². The zero-order valence-corrected chi connectivity index (χ0v) is 15.2. The second kappa shape index (κ2) is 7.72. The fourth-order valence-corrected chi connectivity index (χ4v) is 3.28. The molecular weight excluding hydrogens is 346 g/mol. The van der Waals surface area contributed by atoms with E-state index in [1.165, 1.54) is 5.56 Å². The average molecular weight is 368 g/mol. The molecule has 0 aliphatic carbocycles. The Morgan fingerprint density at radius 1 is 1.04 bits per heavy atom. The molecule has 0 saturated heterocycles. The molecule has 27 heavy (non-hydrogen) atoms. The minimum atomic E-state index is -0.342. The number of hydrogen-bond acceptors (Lipinski definition) is 5. The first-order valence-electron chi connectivity index (χ1n) is 9.04. The molecule has 6 heteroatoms. The molecule has 140 valence electrons. The van der Waals surface area contributed by atoms with Crippen LogP contribution in [-0.4, -0.2) is 26.9 Å². The number of hydrogen-bond donors (Lipinski definition) is 1. The number of methoxy groups -OCH3 is 1. The second-order valence-electron chi connectivity index (χ2n) is 6.46. The molecule has 2 aromatic carbocycles. The molecule has 6 nitrogen and oxygen atoms in total. The predicted molar refractivity (Wildman–Crippen MR) is 101 cm³/mol. The highest BCUT2D eigenvalue weighted by atomic mass is 16.6. The summed E-state index contributed by atoms with van der Waals surface area (Å²) in [6.45, 7) is 2.80. The molecule has 0 unspecified atom stereocenters. The topological polar surface area (TPSA) is 74.5 Å². The van der Waals surface area contributed by atoms with Crippen molar-refractivity contribution in [3.8, 4) is 17.2 Å². The molecule has 0 atom stereocenters. The first-order valence-corrected chi connectivity index (χ1v) is 9.04. The Bertz CT molecular complexity index is 1010. The monoisotopic (exact) mass is 368 g/mol. The molecule has 1 aromatic heterocycles. The summed E-state index contributed by atoms with van der Waals surface area (Å²) in [5, 5.41) is 3.13. The van der Waals surface area contributed by atoms with Crippen LogP contribution in [0.2, 0.25) is 0 Å². The molecule has 1 aliphatic rings. The van der Waals surface area contributed by atoms with Gasteiger partial charge >= 0.3 is 5.63 Å². The molecule has 2 heterocycles. The van der Waals surface area contributed by atoms with E-state index in [2.05, 4.69) is 11.4 Å². The Labute approximate surface area is 156 Å². The van der Waals surface area contributed by atoms with E-state index in [0.29, 0.717) is 31.1 Å². The van der Waals surface area contributed by atoms with Crippen LogP contribution in [0.25, 0.3) is 11.0 Å². The average Bonchev–Trinajstić information content (AvgIpc) is 2.70. The van der Waals surface area contributed by atoms with E-state index in [4.69, 9.17) is 18.6 Å². The maximum Gasteiger partial charge on any atom is 0.336 e. The maximum absolute atomic E-state index is 11.8. The van der Waals surface area contributed by atoms with Gasteiger partial charge in [0.2, 0.25) is 0 Å². The van der Waals surface area contributed by atoms with Crippen molar-refractivity contribution in [3.05, 3.63) is 64.0 Å². The molecule has 0 amide bonds. The highest BCUT2D eigenvalue weighted by Crippen LogP contribution is 2.30. The number of quaternary nitrogens is 1. The Kier molecular flexibility index (Phi) is 4.98. The van der Waals surface area contributed by atoms with Gasteiger partial charge in [0.1, 0.15) is 31.1 Å². The van der Waals surface area contributed by atoms with Crippen molar-refractivity contribution in [2.75, 3.05) is 26.9 Å². The molecule has 0 fully saturated rings. The third kappa shape index (κ3) is 3.90. The summed E-state index contributed by atoms with van der Waals surface area (Å²) in [5.41, 5.74) is 2.38. The molecule has 4 rings (SSSR count). The summed E-state index contributed by atoms with van der Waals surface area (Å²) in [7, 11) is 1.59. The van der Waals surface area contributed by atoms with E-state index in [9.17, 15) is 4.79 Å². The van der Waals surface area contributed by atoms with Crippen LogP contribution in [0.4, 0.5) is 0 Å². The van der Waals surface area contributed by atoms with Crippen LogP contribution in [0.5, 0.6) is 17.2 Å². The van der Waals surface area contributed by atoms with Crippen LogP contribution < -0.4 is 25.2 Å². The molecular formula is C21H22NO5+. The fourth-order valence-electron chi connectivity index (χ4n) is 3.28. The van der Waals surface area contributed by atoms with Gasteiger partial charge in [-0.05, 0) is 29.8 Å². The smallest absolute Gasteiger partial charge is 0.336 e. The highest BCUT2D eigenvalue weighted by Gasteiger charge is 2.12. The second-order valence-corrected chi connectivity index (χ2v) is 6.46. The van der Waals surface area contributed by atoms with E-state index in [1.807, 2.05) is 24.3 Å². The lowest BCUT2D eigenvalue weighted by atomic mass is 10.1.